The maximum atomic E-state index is 8.97. The van der Waals surface area contributed by atoms with E-state index in [1.54, 1.807) is 0 Å². The molecule has 16 heavy (non-hydrogen) atoms. The highest BCUT2D eigenvalue weighted by atomic mass is 15.3. The van der Waals surface area contributed by atoms with Crippen molar-refractivity contribution in [3.05, 3.63) is 30.5 Å². The number of hydrogen-bond acceptors (Lipinski definition) is 3. The van der Waals surface area contributed by atoms with E-state index < -0.39 is 0 Å². The highest BCUT2D eigenvalue weighted by molar-refractivity contribution is 5.78. The Bertz CT molecular complexity index is 509. The molecule has 2 aromatic rings. The number of likely N-dealkylation sites (N-methyl/N-ethyl adjacent to an activating group) is 1. The monoisotopic (exact) mass is 214 g/mol. The lowest BCUT2D eigenvalue weighted by Crippen LogP contribution is -2.31. The second-order valence-electron chi connectivity index (χ2n) is 3.62. The van der Waals surface area contributed by atoms with Crippen molar-refractivity contribution in [2.24, 2.45) is 0 Å². The highest BCUT2D eigenvalue weighted by Gasteiger charge is 2.09. The zero-order valence-corrected chi connectivity index (χ0v) is 9.22. The Hall–Kier alpha value is -1.86. The molecule has 0 saturated heterocycles. The van der Waals surface area contributed by atoms with Crippen LogP contribution in [0, 0.1) is 11.3 Å². The van der Waals surface area contributed by atoms with Crippen molar-refractivity contribution in [2.75, 3.05) is 6.54 Å². The Kier molecular flexibility index (Phi) is 3.18. The molecule has 0 radical (unpaired) electrons. The third kappa shape index (κ3) is 2.05. The molecule has 1 aromatic carbocycles. The minimum Gasteiger partial charge on any atom is -0.301 e. The van der Waals surface area contributed by atoms with Gasteiger partial charge < -0.3 is 5.32 Å². The van der Waals surface area contributed by atoms with Gasteiger partial charge in [0.05, 0.1) is 24.3 Å². The van der Waals surface area contributed by atoms with Crippen LogP contribution in [0.4, 0.5) is 0 Å². The molecule has 0 aliphatic heterocycles. The predicted octanol–water partition coefficient (Wildman–Crippen LogP) is 1.54. The Labute approximate surface area is 94.5 Å². The van der Waals surface area contributed by atoms with Crippen LogP contribution < -0.4 is 5.32 Å². The lowest BCUT2D eigenvalue weighted by molar-refractivity contribution is 0.512. The third-order valence-electron chi connectivity index (χ3n) is 2.51. The lowest BCUT2D eigenvalue weighted by atomic mass is 10.2. The van der Waals surface area contributed by atoms with Crippen LogP contribution in [0.5, 0.6) is 0 Å². The van der Waals surface area contributed by atoms with Crippen LogP contribution in [0.1, 0.15) is 6.92 Å². The van der Waals surface area contributed by atoms with E-state index in [1.807, 2.05) is 42.1 Å². The fourth-order valence-electron chi connectivity index (χ4n) is 1.74. The number of benzene rings is 1. The summed E-state index contributed by atoms with van der Waals surface area (Å²) in [7, 11) is 0. The summed E-state index contributed by atoms with van der Waals surface area (Å²) in [6.45, 7) is 3.36. The number of nitrogens with zero attached hydrogens (tertiary/aromatic N) is 3. The van der Waals surface area contributed by atoms with Gasteiger partial charge in [-0.3, -0.25) is 4.68 Å². The van der Waals surface area contributed by atoms with Gasteiger partial charge in [-0.15, -0.1) is 0 Å². The van der Waals surface area contributed by atoms with Gasteiger partial charge in [-0.2, -0.15) is 10.4 Å². The van der Waals surface area contributed by atoms with Gasteiger partial charge in [0.1, 0.15) is 6.04 Å². The van der Waals surface area contributed by atoms with Crippen molar-refractivity contribution in [3.8, 4) is 6.07 Å². The van der Waals surface area contributed by atoms with Crippen molar-refractivity contribution in [2.45, 2.75) is 19.5 Å². The van der Waals surface area contributed by atoms with Gasteiger partial charge in [-0.05, 0) is 12.6 Å². The average Bonchev–Trinajstić information content (AvgIpc) is 2.72. The average molecular weight is 214 g/mol. The van der Waals surface area contributed by atoms with Gasteiger partial charge in [0.2, 0.25) is 0 Å². The minimum atomic E-state index is -0.187. The maximum absolute atomic E-state index is 8.97. The summed E-state index contributed by atoms with van der Waals surface area (Å²) < 4.78 is 1.87. The molecule has 4 heteroatoms. The van der Waals surface area contributed by atoms with Crippen molar-refractivity contribution in [1.29, 1.82) is 5.26 Å². The standard InChI is InChI=1S/C12H14N4/c1-2-14-11(7-13)9-16-12-6-4-3-5-10(12)8-15-16/h3-6,8,11,14H,2,9H2,1H3. The molecule has 1 aromatic heterocycles. The Morgan fingerprint density at radius 3 is 3.06 bits per heavy atom. The molecule has 0 saturated carbocycles. The predicted molar refractivity (Wildman–Crippen MR) is 62.8 cm³/mol. The number of fused-ring (bicyclic) bond motifs is 1. The smallest absolute Gasteiger partial charge is 0.115 e. The van der Waals surface area contributed by atoms with Crippen molar-refractivity contribution >= 4 is 10.9 Å². The molecule has 82 valence electrons. The molecule has 0 bridgehead atoms. The van der Waals surface area contributed by atoms with Crippen LogP contribution in [-0.2, 0) is 6.54 Å². The number of rotatable bonds is 4. The van der Waals surface area contributed by atoms with Crippen LogP contribution in [-0.4, -0.2) is 22.4 Å². The zero-order valence-electron chi connectivity index (χ0n) is 9.22. The molecule has 1 atom stereocenters. The SMILES string of the molecule is CCNC(C#N)Cn1ncc2ccccc21. The molecule has 0 spiro atoms. The Morgan fingerprint density at radius 2 is 2.31 bits per heavy atom. The van der Waals surface area contributed by atoms with Gasteiger partial charge in [-0.25, -0.2) is 0 Å². The number of aromatic nitrogens is 2. The topological polar surface area (TPSA) is 53.6 Å². The van der Waals surface area contributed by atoms with E-state index in [0.29, 0.717) is 6.54 Å². The number of nitriles is 1. The van der Waals surface area contributed by atoms with Crippen molar-refractivity contribution in [3.63, 3.8) is 0 Å². The van der Waals surface area contributed by atoms with Crippen LogP contribution in [0.25, 0.3) is 10.9 Å². The maximum Gasteiger partial charge on any atom is 0.115 e. The second kappa shape index (κ2) is 4.77. The molecule has 0 amide bonds. The first kappa shape index (κ1) is 10.7. The fraction of sp³-hybridized carbons (Fsp3) is 0.333. The van der Waals surface area contributed by atoms with Gasteiger partial charge in [-0.1, -0.05) is 25.1 Å². The first-order valence-corrected chi connectivity index (χ1v) is 5.38. The molecule has 1 unspecified atom stereocenters. The normalized spacial score (nSPS) is 12.5. The summed E-state index contributed by atoms with van der Waals surface area (Å²) in [6.07, 6.45) is 1.83. The second-order valence-corrected chi connectivity index (χ2v) is 3.62. The van der Waals surface area contributed by atoms with E-state index in [9.17, 15) is 0 Å². The summed E-state index contributed by atoms with van der Waals surface area (Å²) >= 11 is 0. The summed E-state index contributed by atoms with van der Waals surface area (Å²) in [5, 5.41) is 17.5. The molecular weight excluding hydrogens is 200 g/mol. The van der Waals surface area contributed by atoms with Gasteiger partial charge in [0, 0.05) is 5.39 Å². The quantitative estimate of drug-likeness (QED) is 0.839. The van der Waals surface area contributed by atoms with E-state index in [0.717, 1.165) is 17.4 Å². The summed E-state index contributed by atoms with van der Waals surface area (Å²) in [5.74, 6) is 0. The van der Waals surface area contributed by atoms with Crippen LogP contribution in [0.3, 0.4) is 0 Å². The van der Waals surface area contributed by atoms with E-state index in [1.165, 1.54) is 0 Å². The molecule has 0 aliphatic carbocycles. The molecule has 0 fully saturated rings. The lowest BCUT2D eigenvalue weighted by Gasteiger charge is -2.10. The van der Waals surface area contributed by atoms with Crippen molar-refractivity contribution in [1.82, 2.24) is 15.1 Å². The fourth-order valence-corrected chi connectivity index (χ4v) is 1.74. The number of hydrogen-bond donors (Lipinski definition) is 1. The summed E-state index contributed by atoms with van der Waals surface area (Å²) in [5.41, 5.74) is 1.07. The Morgan fingerprint density at radius 1 is 1.50 bits per heavy atom. The number of nitrogens with one attached hydrogen (secondary N) is 1. The van der Waals surface area contributed by atoms with Gasteiger partial charge in [0.15, 0.2) is 0 Å². The molecule has 2 rings (SSSR count). The van der Waals surface area contributed by atoms with Crippen LogP contribution in [0.15, 0.2) is 30.5 Å². The largest absolute Gasteiger partial charge is 0.301 e. The van der Waals surface area contributed by atoms with E-state index in [-0.39, 0.29) is 6.04 Å². The minimum absolute atomic E-state index is 0.187. The highest BCUT2D eigenvalue weighted by Crippen LogP contribution is 2.12. The van der Waals surface area contributed by atoms with Crippen LogP contribution >= 0.6 is 0 Å². The molecule has 4 nitrogen and oxygen atoms in total. The Balaban J connectivity index is 2.24. The van der Waals surface area contributed by atoms with E-state index >= 15 is 0 Å². The summed E-state index contributed by atoms with van der Waals surface area (Å²) in [6, 6.07) is 10.1. The first-order chi connectivity index (χ1) is 7.85. The molecule has 1 N–H and O–H groups in total. The molecule has 1 heterocycles. The third-order valence-corrected chi connectivity index (χ3v) is 2.51. The van der Waals surface area contributed by atoms with E-state index in [2.05, 4.69) is 16.5 Å². The van der Waals surface area contributed by atoms with Gasteiger partial charge in [0.25, 0.3) is 0 Å². The molecule has 0 aliphatic rings. The van der Waals surface area contributed by atoms with Crippen molar-refractivity contribution < 1.29 is 0 Å². The van der Waals surface area contributed by atoms with Crippen LogP contribution in [0.2, 0.25) is 0 Å². The molecular formula is C12H14N4. The zero-order chi connectivity index (χ0) is 11.4. The number of para-hydroxylation sites is 1. The summed E-state index contributed by atoms with van der Waals surface area (Å²) in [4.78, 5) is 0. The van der Waals surface area contributed by atoms with E-state index in [4.69, 9.17) is 5.26 Å². The first-order valence-electron chi connectivity index (χ1n) is 5.38. The van der Waals surface area contributed by atoms with Gasteiger partial charge >= 0.3 is 0 Å².